The molecule has 0 spiro atoms. The van der Waals surface area contributed by atoms with Crippen LogP contribution in [0.1, 0.15) is 29.9 Å². The predicted octanol–water partition coefficient (Wildman–Crippen LogP) is 2.44. The maximum absolute atomic E-state index is 12.1. The molecule has 0 radical (unpaired) electrons. The third-order valence-corrected chi connectivity index (χ3v) is 4.01. The Kier molecular flexibility index (Phi) is 5.28. The van der Waals surface area contributed by atoms with Gasteiger partial charge in [-0.2, -0.15) is 0 Å². The second kappa shape index (κ2) is 7.18. The molecule has 2 rings (SSSR count). The number of carbonyl (C=O) groups is 1. The Morgan fingerprint density at radius 1 is 1.23 bits per heavy atom. The lowest BCUT2D eigenvalue weighted by molar-refractivity contribution is 0.0499. The highest BCUT2D eigenvalue weighted by Crippen LogP contribution is 2.26. The van der Waals surface area contributed by atoms with E-state index in [-0.39, 0.29) is 5.91 Å². The third-order valence-electron chi connectivity index (χ3n) is 4.01. The number of nitrogens with zero attached hydrogens (tertiary/aromatic N) is 1. The minimum atomic E-state index is -0.545. The van der Waals surface area contributed by atoms with Crippen LogP contribution in [0.2, 0.25) is 0 Å². The monoisotopic (exact) mass is 298 g/mol. The van der Waals surface area contributed by atoms with Crippen LogP contribution in [0.5, 0.6) is 0 Å². The smallest absolute Gasteiger partial charge is 0.269 e. The van der Waals surface area contributed by atoms with Gasteiger partial charge >= 0.3 is 0 Å². The quantitative estimate of drug-likeness (QED) is 0.861. The number of amides is 1. The molecule has 4 nitrogen and oxygen atoms in total. The van der Waals surface area contributed by atoms with Gasteiger partial charge in [0.2, 0.25) is 0 Å². The third kappa shape index (κ3) is 4.15. The molecule has 0 bridgehead atoms. The zero-order valence-corrected chi connectivity index (χ0v) is 13.0. The Morgan fingerprint density at radius 3 is 2.50 bits per heavy atom. The normalized spacial score (nSPS) is 14.9. The van der Waals surface area contributed by atoms with Crippen LogP contribution in [-0.2, 0) is 6.42 Å². The van der Waals surface area contributed by atoms with Gasteiger partial charge in [0.1, 0.15) is 5.69 Å². The summed E-state index contributed by atoms with van der Waals surface area (Å²) in [6, 6.07) is 15.2. The van der Waals surface area contributed by atoms with Crippen LogP contribution in [0.4, 0.5) is 0 Å². The van der Waals surface area contributed by atoms with Gasteiger partial charge in [0.05, 0.1) is 6.10 Å². The summed E-state index contributed by atoms with van der Waals surface area (Å²) in [5, 5.41) is 13.0. The number of benzene rings is 1. The minimum absolute atomic E-state index is 0.222. The van der Waals surface area contributed by atoms with Crippen molar-refractivity contribution in [3.05, 3.63) is 66.0 Å². The molecule has 0 aliphatic heterocycles. The summed E-state index contributed by atoms with van der Waals surface area (Å²) in [5.74, 6) is -0.222. The van der Waals surface area contributed by atoms with E-state index in [9.17, 15) is 9.90 Å². The Bertz CT molecular complexity index is 599. The van der Waals surface area contributed by atoms with E-state index in [0.717, 1.165) is 5.56 Å². The number of carbonyl (C=O) groups excluding carboxylic acids is 1. The van der Waals surface area contributed by atoms with Gasteiger partial charge in [-0.1, -0.05) is 43.3 Å². The van der Waals surface area contributed by atoms with Crippen molar-refractivity contribution in [3.63, 3.8) is 0 Å². The fourth-order valence-electron chi connectivity index (χ4n) is 2.29. The van der Waals surface area contributed by atoms with Crippen molar-refractivity contribution < 1.29 is 9.90 Å². The number of pyridine rings is 1. The van der Waals surface area contributed by atoms with Gasteiger partial charge in [0.25, 0.3) is 5.91 Å². The first kappa shape index (κ1) is 16.2. The van der Waals surface area contributed by atoms with Crippen LogP contribution in [0, 0.1) is 5.41 Å². The Labute approximate surface area is 131 Å². The molecule has 1 heterocycles. The zero-order valence-electron chi connectivity index (χ0n) is 13.0. The highest BCUT2D eigenvalue weighted by atomic mass is 16.3. The molecule has 0 saturated carbocycles. The molecular weight excluding hydrogens is 276 g/mol. The van der Waals surface area contributed by atoms with Crippen LogP contribution in [0.15, 0.2) is 54.7 Å². The lowest BCUT2D eigenvalue weighted by Crippen LogP contribution is -2.44. The second-order valence-corrected chi connectivity index (χ2v) is 5.89. The molecule has 0 unspecified atom stereocenters. The Hall–Kier alpha value is -2.20. The molecule has 0 saturated heterocycles. The number of hydrogen-bond acceptors (Lipinski definition) is 3. The highest BCUT2D eigenvalue weighted by molar-refractivity contribution is 5.92. The van der Waals surface area contributed by atoms with E-state index in [4.69, 9.17) is 0 Å². The summed E-state index contributed by atoms with van der Waals surface area (Å²) in [6.07, 6.45) is 1.73. The average molecular weight is 298 g/mol. The molecule has 22 heavy (non-hydrogen) atoms. The molecule has 116 valence electrons. The highest BCUT2D eigenvalue weighted by Gasteiger charge is 2.31. The first-order chi connectivity index (χ1) is 10.5. The summed E-state index contributed by atoms with van der Waals surface area (Å²) >= 11 is 0. The van der Waals surface area contributed by atoms with Crippen LogP contribution < -0.4 is 5.32 Å². The molecular formula is C18H22N2O2. The Morgan fingerprint density at radius 2 is 1.91 bits per heavy atom. The van der Waals surface area contributed by atoms with Gasteiger partial charge in [-0.3, -0.25) is 9.78 Å². The van der Waals surface area contributed by atoms with E-state index in [1.165, 1.54) is 0 Å². The topological polar surface area (TPSA) is 62.2 Å². The second-order valence-electron chi connectivity index (χ2n) is 5.89. The largest absolute Gasteiger partial charge is 0.393 e. The van der Waals surface area contributed by atoms with E-state index >= 15 is 0 Å². The van der Waals surface area contributed by atoms with E-state index < -0.39 is 11.5 Å². The van der Waals surface area contributed by atoms with Gasteiger partial charge in [0, 0.05) is 18.2 Å². The van der Waals surface area contributed by atoms with Crippen molar-refractivity contribution in [2.75, 3.05) is 6.54 Å². The van der Waals surface area contributed by atoms with Crippen molar-refractivity contribution in [1.82, 2.24) is 10.3 Å². The fourth-order valence-corrected chi connectivity index (χ4v) is 2.29. The Balaban J connectivity index is 2.04. The van der Waals surface area contributed by atoms with Crippen molar-refractivity contribution in [2.45, 2.75) is 26.4 Å². The maximum atomic E-state index is 12.1. The molecule has 2 atom stereocenters. The zero-order chi connectivity index (χ0) is 16.0. The number of aromatic nitrogens is 1. The summed E-state index contributed by atoms with van der Waals surface area (Å²) < 4.78 is 0. The SMILES string of the molecule is C[C@@H](O)[C@@](C)(CNC(=O)c1ccccn1)Cc1ccccc1. The van der Waals surface area contributed by atoms with Gasteiger partial charge in [0.15, 0.2) is 0 Å². The summed E-state index contributed by atoms with van der Waals surface area (Å²) in [5.41, 5.74) is 1.08. The van der Waals surface area contributed by atoms with E-state index in [1.807, 2.05) is 37.3 Å². The number of hydrogen-bond donors (Lipinski definition) is 2. The lowest BCUT2D eigenvalue weighted by atomic mass is 9.79. The van der Waals surface area contributed by atoms with Gasteiger partial charge in [-0.15, -0.1) is 0 Å². The molecule has 0 aliphatic rings. The van der Waals surface area contributed by atoms with Crippen LogP contribution >= 0.6 is 0 Å². The predicted molar refractivity (Wildman–Crippen MR) is 86.5 cm³/mol. The van der Waals surface area contributed by atoms with Crippen LogP contribution in [0.3, 0.4) is 0 Å². The van der Waals surface area contributed by atoms with Crippen molar-refractivity contribution in [3.8, 4) is 0 Å². The molecule has 4 heteroatoms. The van der Waals surface area contributed by atoms with Crippen LogP contribution in [0.25, 0.3) is 0 Å². The van der Waals surface area contributed by atoms with Gasteiger partial charge in [-0.25, -0.2) is 0 Å². The molecule has 2 N–H and O–H groups in total. The minimum Gasteiger partial charge on any atom is -0.393 e. The van der Waals surface area contributed by atoms with E-state index in [1.54, 1.807) is 31.3 Å². The van der Waals surface area contributed by atoms with Crippen LogP contribution in [-0.4, -0.2) is 28.6 Å². The van der Waals surface area contributed by atoms with Gasteiger partial charge in [-0.05, 0) is 31.0 Å². The standard InChI is InChI=1S/C18H22N2O2/c1-14(21)18(2,12-15-8-4-3-5-9-15)13-20-17(22)16-10-6-7-11-19-16/h3-11,14,21H,12-13H2,1-2H3,(H,20,22)/t14-,18-/m1/s1. The fraction of sp³-hybridized carbons (Fsp3) is 0.333. The van der Waals surface area contributed by atoms with Crippen molar-refractivity contribution >= 4 is 5.91 Å². The van der Waals surface area contributed by atoms with Crippen molar-refractivity contribution in [2.24, 2.45) is 5.41 Å². The number of aliphatic hydroxyl groups is 1. The first-order valence-electron chi connectivity index (χ1n) is 7.42. The summed E-state index contributed by atoms with van der Waals surface area (Å²) in [4.78, 5) is 16.1. The summed E-state index contributed by atoms with van der Waals surface area (Å²) in [7, 11) is 0. The van der Waals surface area contributed by atoms with E-state index in [2.05, 4.69) is 10.3 Å². The molecule has 2 aromatic rings. The average Bonchev–Trinajstić information content (AvgIpc) is 2.54. The molecule has 0 aliphatic carbocycles. The molecule has 1 aromatic heterocycles. The van der Waals surface area contributed by atoms with Gasteiger partial charge < -0.3 is 10.4 Å². The molecule has 1 aromatic carbocycles. The van der Waals surface area contributed by atoms with E-state index in [0.29, 0.717) is 18.7 Å². The lowest BCUT2D eigenvalue weighted by Gasteiger charge is -2.33. The molecule has 0 fully saturated rings. The summed E-state index contributed by atoms with van der Waals surface area (Å²) in [6.45, 7) is 4.12. The van der Waals surface area contributed by atoms with Crippen molar-refractivity contribution in [1.29, 1.82) is 0 Å². The maximum Gasteiger partial charge on any atom is 0.269 e. The number of nitrogens with one attached hydrogen (secondary N) is 1. The first-order valence-corrected chi connectivity index (χ1v) is 7.42. The molecule has 1 amide bonds. The number of aliphatic hydroxyl groups excluding tert-OH is 1. The number of rotatable bonds is 6.